The number of ether oxygens (including phenoxy) is 3. The molecule has 0 bridgehead atoms. The predicted molar refractivity (Wildman–Crippen MR) is 107 cm³/mol. The molecule has 1 N–H and O–H groups in total. The van der Waals surface area contributed by atoms with Gasteiger partial charge in [0.2, 0.25) is 0 Å². The number of hydrogen-bond acceptors (Lipinski definition) is 5. The minimum absolute atomic E-state index is 0.0876. The van der Waals surface area contributed by atoms with Gasteiger partial charge in [0.1, 0.15) is 31.3 Å². The van der Waals surface area contributed by atoms with E-state index in [1.54, 1.807) is 31.4 Å². The van der Waals surface area contributed by atoms with Gasteiger partial charge in [0, 0.05) is 5.56 Å². The van der Waals surface area contributed by atoms with E-state index < -0.39 is 5.97 Å². The lowest BCUT2D eigenvalue weighted by molar-refractivity contribution is -0.143. The summed E-state index contributed by atoms with van der Waals surface area (Å²) in [5.74, 6) is 0.504. The van der Waals surface area contributed by atoms with Crippen LogP contribution in [0.15, 0.2) is 48.5 Å². The van der Waals surface area contributed by atoms with Crippen LogP contribution in [0.25, 0.3) is 0 Å². The molecule has 0 aromatic heterocycles. The van der Waals surface area contributed by atoms with Gasteiger partial charge in [0.05, 0.1) is 7.11 Å². The Labute approximate surface area is 165 Å². The van der Waals surface area contributed by atoms with Gasteiger partial charge in [-0.05, 0) is 47.4 Å². The highest BCUT2D eigenvalue weighted by molar-refractivity contribution is 5.96. The number of amides is 1. The fourth-order valence-electron chi connectivity index (χ4n) is 2.41. The zero-order chi connectivity index (χ0) is 20.6. The molecule has 0 radical (unpaired) electrons. The lowest BCUT2D eigenvalue weighted by Crippen LogP contribution is -2.31. The Kier molecular flexibility index (Phi) is 7.44. The molecular weight excluding hydrogens is 358 g/mol. The van der Waals surface area contributed by atoms with Gasteiger partial charge in [-0.3, -0.25) is 9.59 Å². The average Bonchev–Trinajstić information content (AvgIpc) is 2.69. The van der Waals surface area contributed by atoms with Gasteiger partial charge in [0.25, 0.3) is 5.91 Å². The maximum atomic E-state index is 12.0. The molecule has 0 atom stereocenters. The van der Waals surface area contributed by atoms with E-state index in [0.29, 0.717) is 11.3 Å². The second kappa shape index (κ2) is 9.78. The van der Waals surface area contributed by atoms with Crippen molar-refractivity contribution >= 4 is 11.9 Å². The second-order valence-electron chi connectivity index (χ2n) is 7.25. The maximum absolute atomic E-state index is 12.0. The van der Waals surface area contributed by atoms with Gasteiger partial charge in [-0.2, -0.15) is 0 Å². The lowest BCUT2D eigenvalue weighted by Gasteiger charge is -2.19. The zero-order valence-corrected chi connectivity index (χ0v) is 16.8. The molecule has 0 fully saturated rings. The quantitative estimate of drug-likeness (QED) is 0.557. The third-order valence-corrected chi connectivity index (χ3v) is 4.08. The minimum atomic E-state index is -0.520. The summed E-state index contributed by atoms with van der Waals surface area (Å²) in [6, 6.07) is 14.5. The van der Waals surface area contributed by atoms with Crippen LogP contribution in [-0.2, 0) is 14.9 Å². The number of hydrogen-bond donors (Lipinski definition) is 1. The molecule has 0 heterocycles. The Balaban J connectivity index is 1.66. The number of methoxy groups -OCH3 is 1. The molecule has 6 nitrogen and oxygen atoms in total. The standard InChI is InChI=1S/C22H27NO5/c1-22(2,3)17-7-11-19(12-8-17)27-13-14-28-20(24)15-23-21(25)16-5-9-18(26-4)10-6-16/h5-12H,13-15H2,1-4H3,(H,23,25). The van der Waals surface area contributed by atoms with Gasteiger partial charge in [-0.1, -0.05) is 32.9 Å². The smallest absolute Gasteiger partial charge is 0.325 e. The number of nitrogens with one attached hydrogen (secondary N) is 1. The van der Waals surface area contributed by atoms with Crippen molar-refractivity contribution in [1.29, 1.82) is 0 Å². The Hall–Kier alpha value is -3.02. The molecular formula is C22H27NO5. The Morgan fingerprint density at radius 2 is 1.50 bits per heavy atom. The van der Waals surface area contributed by atoms with E-state index in [-0.39, 0.29) is 31.1 Å². The molecule has 2 aromatic rings. The number of carbonyl (C=O) groups excluding carboxylic acids is 2. The highest BCUT2D eigenvalue weighted by Crippen LogP contribution is 2.24. The van der Waals surface area contributed by atoms with Gasteiger partial charge in [0.15, 0.2) is 0 Å². The number of rotatable bonds is 8. The maximum Gasteiger partial charge on any atom is 0.325 e. The molecule has 150 valence electrons. The van der Waals surface area contributed by atoms with Crippen molar-refractivity contribution in [1.82, 2.24) is 5.32 Å². The second-order valence-corrected chi connectivity index (χ2v) is 7.25. The average molecular weight is 385 g/mol. The van der Waals surface area contributed by atoms with Crippen molar-refractivity contribution in [3.63, 3.8) is 0 Å². The van der Waals surface area contributed by atoms with Crippen molar-refractivity contribution in [3.05, 3.63) is 59.7 Å². The normalized spacial score (nSPS) is 10.9. The van der Waals surface area contributed by atoms with Crippen molar-refractivity contribution in [2.45, 2.75) is 26.2 Å². The molecule has 0 aliphatic heterocycles. The van der Waals surface area contributed by atoms with Crippen molar-refractivity contribution in [2.24, 2.45) is 0 Å². The largest absolute Gasteiger partial charge is 0.497 e. The fraction of sp³-hybridized carbons (Fsp3) is 0.364. The fourth-order valence-corrected chi connectivity index (χ4v) is 2.41. The summed E-state index contributed by atoms with van der Waals surface area (Å²) in [6.07, 6.45) is 0. The molecule has 28 heavy (non-hydrogen) atoms. The summed E-state index contributed by atoms with van der Waals surface area (Å²) in [5, 5.41) is 2.52. The van der Waals surface area contributed by atoms with E-state index in [4.69, 9.17) is 14.2 Å². The topological polar surface area (TPSA) is 73.9 Å². The predicted octanol–water partition coefficient (Wildman–Crippen LogP) is 3.34. The van der Waals surface area contributed by atoms with Crippen LogP contribution >= 0.6 is 0 Å². The SMILES string of the molecule is COc1ccc(C(=O)NCC(=O)OCCOc2ccc(C(C)(C)C)cc2)cc1. The van der Waals surface area contributed by atoms with E-state index in [1.807, 2.05) is 24.3 Å². The monoisotopic (exact) mass is 385 g/mol. The number of carbonyl (C=O) groups is 2. The highest BCUT2D eigenvalue weighted by atomic mass is 16.6. The molecule has 2 aromatic carbocycles. The Morgan fingerprint density at radius 1 is 0.893 bits per heavy atom. The number of esters is 1. The summed E-state index contributed by atoms with van der Waals surface area (Å²) in [5.41, 5.74) is 1.75. The van der Waals surface area contributed by atoms with E-state index in [9.17, 15) is 9.59 Å². The van der Waals surface area contributed by atoms with Crippen LogP contribution in [0.2, 0.25) is 0 Å². The molecule has 2 rings (SSSR count). The third-order valence-electron chi connectivity index (χ3n) is 4.08. The first-order valence-corrected chi connectivity index (χ1v) is 9.11. The lowest BCUT2D eigenvalue weighted by atomic mass is 9.87. The molecule has 0 unspecified atom stereocenters. The highest BCUT2D eigenvalue weighted by Gasteiger charge is 2.13. The third kappa shape index (κ3) is 6.61. The van der Waals surface area contributed by atoms with Crippen LogP contribution in [0.3, 0.4) is 0 Å². The molecule has 0 aliphatic carbocycles. The van der Waals surface area contributed by atoms with Gasteiger partial charge in [-0.25, -0.2) is 0 Å². The Morgan fingerprint density at radius 3 is 2.07 bits per heavy atom. The first-order chi connectivity index (χ1) is 13.3. The van der Waals surface area contributed by atoms with Crippen LogP contribution < -0.4 is 14.8 Å². The molecule has 1 amide bonds. The summed E-state index contributed by atoms with van der Waals surface area (Å²) in [7, 11) is 1.55. The van der Waals surface area contributed by atoms with Gasteiger partial charge in [-0.15, -0.1) is 0 Å². The molecule has 0 saturated carbocycles. The van der Waals surface area contributed by atoms with Crippen molar-refractivity contribution < 1.29 is 23.8 Å². The Bertz CT molecular complexity index is 776. The van der Waals surface area contributed by atoms with E-state index in [2.05, 4.69) is 26.1 Å². The van der Waals surface area contributed by atoms with Crippen LogP contribution in [0.4, 0.5) is 0 Å². The minimum Gasteiger partial charge on any atom is -0.497 e. The number of benzene rings is 2. The van der Waals surface area contributed by atoms with Crippen molar-refractivity contribution in [3.8, 4) is 11.5 Å². The first-order valence-electron chi connectivity index (χ1n) is 9.11. The van der Waals surface area contributed by atoms with Crippen molar-refractivity contribution in [2.75, 3.05) is 26.9 Å². The van der Waals surface area contributed by atoms with Gasteiger partial charge < -0.3 is 19.5 Å². The zero-order valence-electron chi connectivity index (χ0n) is 16.8. The summed E-state index contributed by atoms with van der Waals surface area (Å²) in [4.78, 5) is 23.7. The molecule has 0 spiro atoms. The first kappa shape index (κ1) is 21.3. The van der Waals surface area contributed by atoms with Gasteiger partial charge >= 0.3 is 5.97 Å². The van der Waals surface area contributed by atoms with Crippen LogP contribution in [0, 0.1) is 0 Å². The summed E-state index contributed by atoms with van der Waals surface area (Å²) >= 11 is 0. The van der Waals surface area contributed by atoms with Crippen LogP contribution in [0.5, 0.6) is 11.5 Å². The summed E-state index contributed by atoms with van der Waals surface area (Å²) < 4.78 is 15.7. The van der Waals surface area contributed by atoms with E-state index in [0.717, 1.165) is 5.75 Å². The van der Waals surface area contributed by atoms with E-state index >= 15 is 0 Å². The van der Waals surface area contributed by atoms with Crippen LogP contribution in [0.1, 0.15) is 36.7 Å². The molecule has 6 heteroatoms. The van der Waals surface area contributed by atoms with Crippen LogP contribution in [-0.4, -0.2) is 38.7 Å². The summed E-state index contributed by atoms with van der Waals surface area (Å²) in [6.45, 7) is 6.59. The molecule has 0 aliphatic rings. The van der Waals surface area contributed by atoms with E-state index in [1.165, 1.54) is 5.56 Å². The molecule has 0 saturated heterocycles.